The van der Waals surface area contributed by atoms with Gasteiger partial charge in [-0.2, -0.15) is 18.3 Å². The first-order chi connectivity index (χ1) is 8.37. The molecule has 7 nitrogen and oxygen atoms in total. The van der Waals surface area contributed by atoms with Crippen molar-refractivity contribution in [3.05, 3.63) is 12.2 Å². The summed E-state index contributed by atoms with van der Waals surface area (Å²) in [5.74, 6) is -1.53. The lowest BCUT2D eigenvalue weighted by molar-refractivity contribution is -0.157. The molecule has 1 aliphatic heterocycles. The zero-order valence-electron chi connectivity index (χ0n) is 8.94. The Morgan fingerprint density at radius 2 is 2.22 bits per heavy atom. The van der Waals surface area contributed by atoms with E-state index in [0.717, 1.165) is 11.2 Å². The van der Waals surface area contributed by atoms with Crippen molar-refractivity contribution in [1.29, 1.82) is 0 Å². The maximum absolute atomic E-state index is 12.2. The monoisotopic (exact) mass is 263 g/mol. The van der Waals surface area contributed by atoms with Gasteiger partial charge in [-0.3, -0.25) is 14.7 Å². The largest absolute Gasteiger partial charge is 0.406 e. The van der Waals surface area contributed by atoms with Crippen LogP contribution in [0, 0.1) is 0 Å². The molecule has 2 heterocycles. The van der Waals surface area contributed by atoms with Crippen LogP contribution in [0.5, 0.6) is 0 Å². The summed E-state index contributed by atoms with van der Waals surface area (Å²) >= 11 is 0. The smallest absolute Gasteiger partial charge is 0.314 e. The number of carbonyl (C=O) groups is 2. The summed E-state index contributed by atoms with van der Waals surface area (Å²) in [4.78, 5) is 28.1. The highest BCUT2D eigenvalue weighted by Crippen LogP contribution is 2.19. The van der Waals surface area contributed by atoms with Gasteiger partial charge in [-0.15, -0.1) is 0 Å². The average molecular weight is 263 g/mol. The summed E-state index contributed by atoms with van der Waals surface area (Å²) in [6.45, 7) is -2.17. The van der Waals surface area contributed by atoms with E-state index < -0.39 is 37.7 Å². The van der Waals surface area contributed by atoms with Gasteiger partial charge in [0.05, 0.1) is 6.67 Å². The standard InChI is InChI=1S/C8H8F3N5O2/c9-8(10,11)2-16-4-15(1-5(16)17)7(18)6-12-3-13-14-6/h3H,1-2,4H2,(H,12,13,14). The fourth-order valence-corrected chi connectivity index (χ4v) is 1.55. The molecule has 1 aromatic rings. The van der Waals surface area contributed by atoms with E-state index in [-0.39, 0.29) is 5.82 Å². The van der Waals surface area contributed by atoms with Gasteiger partial charge in [-0.1, -0.05) is 0 Å². The Morgan fingerprint density at radius 3 is 2.78 bits per heavy atom. The van der Waals surface area contributed by atoms with Gasteiger partial charge in [-0.25, -0.2) is 4.98 Å². The molecule has 2 rings (SSSR count). The number of aromatic amines is 1. The van der Waals surface area contributed by atoms with Crippen molar-refractivity contribution in [3.63, 3.8) is 0 Å². The number of hydrogen-bond donors (Lipinski definition) is 1. The molecule has 0 aromatic carbocycles. The highest BCUT2D eigenvalue weighted by Gasteiger charge is 2.39. The lowest BCUT2D eigenvalue weighted by Crippen LogP contribution is -2.37. The van der Waals surface area contributed by atoms with Gasteiger partial charge in [0.1, 0.15) is 19.4 Å². The van der Waals surface area contributed by atoms with Crippen LogP contribution in [0.3, 0.4) is 0 Å². The molecule has 18 heavy (non-hydrogen) atoms. The summed E-state index contributed by atoms with van der Waals surface area (Å²) in [5.41, 5.74) is 0. The van der Waals surface area contributed by atoms with E-state index in [2.05, 4.69) is 15.2 Å². The van der Waals surface area contributed by atoms with Gasteiger partial charge < -0.3 is 9.80 Å². The van der Waals surface area contributed by atoms with Gasteiger partial charge in [0.15, 0.2) is 0 Å². The number of nitrogens with one attached hydrogen (secondary N) is 1. The van der Waals surface area contributed by atoms with E-state index in [1.54, 1.807) is 0 Å². The zero-order chi connectivity index (χ0) is 13.3. The van der Waals surface area contributed by atoms with Gasteiger partial charge >= 0.3 is 6.18 Å². The maximum atomic E-state index is 12.2. The third-order valence-corrected chi connectivity index (χ3v) is 2.30. The fourth-order valence-electron chi connectivity index (χ4n) is 1.55. The molecule has 2 amide bonds. The number of rotatable bonds is 2. The first kappa shape index (κ1) is 12.3. The molecule has 10 heteroatoms. The van der Waals surface area contributed by atoms with Gasteiger partial charge in [0.2, 0.25) is 11.7 Å². The van der Waals surface area contributed by atoms with Crippen molar-refractivity contribution in [1.82, 2.24) is 25.0 Å². The summed E-state index contributed by atoms with van der Waals surface area (Å²) in [6.07, 6.45) is -3.39. The third-order valence-electron chi connectivity index (χ3n) is 2.30. The van der Waals surface area contributed by atoms with Crippen LogP contribution in [0.1, 0.15) is 10.6 Å². The second kappa shape index (κ2) is 4.27. The van der Waals surface area contributed by atoms with E-state index in [4.69, 9.17) is 0 Å². The molecule has 0 atom stereocenters. The van der Waals surface area contributed by atoms with Crippen LogP contribution in [-0.2, 0) is 4.79 Å². The number of alkyl halides is 3. The van der Waals surface area contributed by atoms with Crippen molar-refractivity contribution in [2.24, 2.45) is 0 Å². The molecule has 0 radical (unpaired) electrons. The molecule has 0 aliphatic carbocycles. The normalized spacial score (nSPS) is 16.5. The number of aromatic nitrogens is 3. The SMILES string of the molecule is O=C1CN(C(=O)c2ncn[nH]2)CN1CC(F)(F)F. The Kier molecular flexibility index (Phi) is 2.93. The van der Waals surface area contributed by atoms with E-state index >= 15 is 0 Å². The van der Waals surface area contributed by atoms with Crippen molar-refractivity contribution in [3.8, 4) is 0 Å². The second-order valence-corrected chi connectivity index (χ2v) is 3.69. The van der Waals surface area contributed by atoms with E-state index in [9.17, 15) is 22.8 Å². The van der Waals surface area contributed by atoms with Crippen molar-refractivity contribution in [2.75, 3.05) is 19.8 Å². The van der Waals surface area contributed by atoms with Crippen molar-refractivity contribution < 1.29 is 22.8 Å². The molecular weight excluding hydrogens is 255 g/mol. The first-order valence-electron chi connectivity index (χ1n) is 4.86. The molecule has 0 unspecified atom stereocenters. The summed E-state index contributed by atoms with van der Waals surface area (Å²) < 4.78 is 36.5. The Bertz CT molecular complexity index is 458. The minimum Gasteiger partial charge on any atom is -0.314 e. The third kappa shape index (κ3) is 2.57. The van der Waals surface area contributed by atoms with Crippen molar-refractivity contribution in [2.45, 2.75) is 6.18 Å². The number of H-pyrrole nitrogens is 1. The molecule has 0 spiro atoms. The lowest BCUT2D eigenvalue weighted by Gasteiger charge is -2.18. The Labute approximate surface area is 98.6 Å². The molecular formula is C8H8F3N5O2. The van der Waals surface area contributed by atoms with Crippen LogP contribution >= 0.6 is 0 Å². The predicted octanol–water partition coefficient (Wildman–Crippen LogP) is -0.391. The lowest BCUT2D eigenvalue weighted by atomic mass is 10.5. The van der Waals surface area contributed by atoms with Crippen LogP contribution in [0.25, 0.3) is 0 Å². The molecule has 1 N–H and O–H groups in total. The topological polar surface area (TPSA) is 82.2 Å². The van der Waals surface area contributed by atoms with Gasteiger partial charge in [-0.05, 0) is 0 Å². The van der Waals surface area contributed by atoms with Crippen LogP contribution in [0.4, 0.5) is 13.2 Å². The molecule has 1 aromatic heterocycles. The Hall–Kier alpha value is -2.13. The molecule has 1 aliphatic rings. The van der Waals surface area contributed by atoms with Crippen LogP contribution in [0.15, 0.2) is 6.33 Å². The fraction of sp³-hybridized carbons (Fsp3) is 0.500. The van der Waals surface area contributed by atoms with Crippen LogP contribution in [0.2, 0.25) is 0 Å². The highest BCUT2D eigenvalue weighted by molar-refractivity contribution is 5.95. The minimum absolute atomic E-state index is 0.114. The summed E-state index contributed by atoms with van der Waals surface area (Å²) in [6, 6.07) is 0. The molecule has 0 saturated carbocycles. The average Bonchev–Trinajstić information content (AvgIpc) is 2.86. The van der Waals surface area contributed by atoms with Crippen LogP contribution < -0.4 is 0 Å². The number of carbonyl (C=O) groups excluding carboxylic acids is 2. The quantitative estimate of drug-likeness (QED) is 0.787. The molecule has 1 saturated heterocycles. The second-order valence-electron chi connectivity index (χ2n) is 3.69. The van der Waals surface area contributed by atoms with Gasteiger partial charge in [0.25, 0.3) is 5.91 Å². The highest BCUT2D eigenvalue weighted by atomic mass is 19.4. The van der Waals surface area contributed by atoms with Gasteiger partial charge in [0, 0.05) is 0 Å². The molecule has 0 bridgehead atoms. The van der Waals surface area contributed by atoms with E-state index in [0.29, 0.717) is 4.90 Å². The first-order valence-corrected chi connectivity index (χ1v) is 4.86. The van der Waals surface area contributed by atoms with E-state index in [1.807, 2.05) is 0 Å². The zero-order valence-corrected chi connectivity index (χ0v) is 8.94. The van der Waals surface area contributed by atoms with Crippen molar-refractivity contribution >= 4 is 11.8 Å². The number of amides is 2. The minimum atomic E-state index is -4.49. The van der Waals surface area contributed by atoms with E-state index in [1.165, 1.54) is 0 Å². The molecule has 1 fully saturated rings. The summed E-state index contributed by atoms with van der Waals surface area (Å²) in [5, 5.41) is 5.74. The number of halogens is 3. The summed E-state index contributed by atoms with van der Waals surface area (Å²) in [7, 11) is 0. The predicted molar refractivity (Wildman–Crippen MR) is 50.1 cm³/mol. The molecule has 98 valence electrons. The Balaban J connectivity index is 2.03. The maximum Gasteiger partial charge on any atom is 0.406 e. The Morgan fingerprint density at radius 1 is 1.50 bits per heavy atom. The number of nitrogens with zero attached hydrogens (tertiary/aromatic N) is 4. The number of hydrogen-bond acceptors (Lipinski definition) is 4. The van der Waals surface area contributed by atoms with Crippen LogP contribution in [-0.4, -0.2) is 62.7 Å².